The molecule has 0 aromatic heterocycles. The van der Waals surface area contributed by atoms with Gasteiger partial charge in [0.15, 0.2) is 11.6 Å². The second kappa shape index (κ2) is 2.95. The highest BCUT2D eigenvalue weighted by Gasteiger charge is 2.38. The van der Waals surface area contributed by atoms with E-state index < -0.39 is 24.2 Å². The Morgan fingerprint density at radius 2 is 2.20 bits per heavy atom. The lowest BCUT2D eigenvalue weighted by Gasteiger charge is -2.28. The van der Waals surface area contributed by atoms with Crippen molar-refractivity contribution in [1.29, 1.82) is 0 Å². The van der Waals surface area contributed by atoms with Crippen molar-refractivity contribution in [2.45, 2.75) is 13.0 Å². The maximum absolute atomic E-state index is 13.3. The molecule has 2 rings (SSSR count). The third kappa shape index (κ3) is 1.55. The van der Waals surface area contributed by atoms with Crippen LogP contribution in [0.3, 0.4) is 0 Å². The normalized spacial score (nSPS) is 17.6. The SMILES string of the molecule is Cc1c(N)cc(F)c2c1NCC(F)(F)O2. The van der Waals surface area contributed by atoms with Gasteiger partial charge in [0.05, 0.1) is 5.69 Å². The number of anilines is 2. The molecule has 1 aromatic carbocycles. The molecule has 1 aliphatic heterocycles. The lowest BCUT2D eigenvalue weighted by molar-refractivity contribution is -0.168. The van der Waals surface area contributed by atoms with Crippen molar-refractivity contribution < 1.29 is 17.9 Å². The monoisotopic (exact) mass is 218 g/mol. The minimum Gasteiger partial charge on any atom is -0.426 e. The summed E-state index contributed by atoms with van der Waals surface area (Å²) in [5.74, 6) is -1.36. The molecule has 0 unspecified atom stereocenters. The first-order valence-corrected chi connectivity index (χ1v) is 4.30. The van der Waals surface area contributed by atoms with Crippen LogP contribution >= 0.6 is 0 Å². The van der Waals surface area contributed by atoms with Gasteiger partial charge in [-0.05, 0) is 12.5 Å². The Kier molecular flexibility index (Phi) is 1.95. The minimum atomic E-state index is -3.39. The predicted octanol–water partition coefficient (Wildman–Crippen LogP) is 2.11. The molecule has 3 N–H and O–H groups in total. The summed E-state index contributed by atoms with van der Waals surface area (Å²) in [6.45, 7) is 0.914. The van der Waals surface area contributed by atoms with Crippen molar-refractivity contribution in [3.63, 3.8) is 0 Å². The Morgan fingerprint density at radius 1 is 1.53 bits per heavy atom. The quantitative estimate of drug-likeness (QED) is 0.655. The second-order valence-corrected chi connectivity index (χ2v) is 3.37. The van der Waals surface area contributed by atoms with Gasteiger partial charge in [0.25, 0.3) is 0 Å². The standard InChI is InChI=1S/C9H9F3N2O/c1-4-6(13)2-5(10)8-7(4)14-3-9(11,12)15-8/h2,14H,3,13H2,1H3. The topological polar surface area (TPSA) is 47.3 Å². The average molecular weight is 218 g/mol. The summed E-state index contributed by atoms with van der Waals surface area (Å²) in [6.07, 6.45) is -3.39. The Bertz CT molecular complexity index is 420. The Labute approximate surface area is 84.0 Å². The van der Waals surface area contributed by atoms with Gasteiger partial charge < -0.3 is 15.8 Å². The first-order valence-electron chi connectivity index (χ1n) is 4.30. The average Bonchev–Trinajstić information content (AvgIpc) is 2.13. The smallest absolute Gasteiger partial charge is 0.415 e. The molecule has 0 bridgehead atoms. The fourth-order valence-electron chi connectivity index (χ4n) is 1.43. The number of ether oxygens (including phenoxy) is 1. The lowest BCUT2D eigenvalue weighted by Crippen LogP contribution is -2.38. The molecule has 1 heterocycles. The van der Waals surface area contributed by atoms with E-state index >= 15 is 0 Å². The van der Waals surface area contributed by atoms with Gasteiger partial charge in [0.1, 0.15) is 6.54 Å². The maximum Gasteiger partial charge on any atom is 0.415 e. The number of hydrogen-bond donors (Lipinski definition) is 2. The van der Waals surface area contributed by atoms with Crippen LogP contribution in [0.15, 0.2) is 6.07 Å². The first kappa shape index (κ1) is 9.95. The molecule has 6 heteroatoms. The summed E-state index contributed by atoms with van der Waals surface area (Å²) in [6, 6.07) is 0.969. The fraction of sp³-hybridized carbons (Fsp3) is 0.333. The van der Waals surface area contributed by atoms with E-state index in [0.29, 0.717) is 5.56 Å². The van der Waals surface area contributed by atoms with Gasteiger partial charge >= 0.3 is 6.11 Å². The highest BCUT2D eigenvalue weighted by Crippen LogP contribution is 2.40. The maximum atomic E-state index is 13.3. The first-order chi connectivity index (χ1) is 6.91. The van der Waals surface area contributed by atoms with Gasteiger partial charge in [0, 0.05) is 11.8 Å². The van der Waals surface area contributed by atoms with Gasteiger partial charge in [-0.25, -0.2) is 4.39 Å². The number of rotatable bonds is 0. The molecule has 0 radical (unpaired) electrons. The molecular formula is C9H9F3N2O. The van der Waals surface area contributed by atoms with Crippen molar-refractivity contribution >= 4 is 11.4 Å². The van der Waals surface area contributed by atoms with Gasteiger partial charge in [0.2, 0.25) is 0 Å². The van der Waals surface area contributed by atoms with Crippen LogP contribution in [0.25, 0.3) is 0 Å². The number of nitrogens with two attached hydrogens (primary N) is 1. The summed E-state index contributed by atoms with van der Waals surface area (Å²) < 4.78 is 43.2. The summed E-state index contributed by atoms with van der Waals surface area (Å²) in [5, 5.41) is 2.41. The molecule has 0 aliphatic carbocycles. The zero-order valence-electron chi connectivity index (χ0n) is 7.90. The van der Waals surface area contributed by atoms with Crippen LogP contribution in [0.2, 0.25) is 0 Å². The molecule has 0 fully saturated rings. The van der Waals surface area contributed by atoms with E-state index in [2.05, 4.69) is 10.1 Å². The third-order valence-electron chi connectivity index (χ3n) is 2.26. The fourth-order valence-corrected chi connectivity index (χ4v) is 1.43. The van der Waals surface area contributed by atoms with E-state index in [-0.39, 0.29) is 11.4 Å². The van der Waals surface area contributed by atoms with Crippen molar-refractivity contribution in [2.24, 2.45) is 0 Å². The third-order valence-corrected chi connectivity index (χ3v) is 2.26. The largest absolute Gasteiger partial charge is 0.426 e. The van der Waals surface area contributed by atoms with Crippen LogP contribution in [-0.4, -0.2) is 12.7 Å². The molecule has 0 atom stereocenters. The van der Waals surface area contributed by atoms with Crippen molar-refractivity contribution in [3.05, 3.63) is 17.4 Å². The van der Waals surface area contributed by atoms with E-state index in [0.717, 1.165) is 6.07 Å². The van der Waals surface area contributed by atoms with Crippen LogP contribution < -0.4 is 15.8 Å². The van der Waals surface area contributed by atoms with Crippen molar-refractivity contribution in [3.8, 4) is 5.75 Å². The highest BCUT2D eigenvalue weighted by atomic mass is 19.3. The number of alkyl halides is 2. The van der Waals surface area contributed by atoms with Crippen LogP contribution in [0.5, 0.6) is 5.75 Å². The van der Waals surface area contributed by atoms with E-state index in [1.165, 1.54) is 0 Å². The number of fused-ring (bicyclic) bond motifs is 1. The minimum absolute atomic E-state index is 0.193. The van der Waals surface area contributed by atoms with E-state index in [1.807, 2.05) is 0 Å². The zero-order valence-corrected chi connectivity index (χ0v) is 7.90. The molecule has 0 saturated carbocycles. The number of nitrogen functional groups attached to an aromatic ring is 1. The summed E-state index contributed by atoms with van der Waals surface area (Å²) in [5.41, 5.74) is 6.39. The molecule has 1 aromatic rings. The summed E-state index contributed by atoms with van der Waals surface area (Å²) >= 11 is 0. The molecular weight excluding hydrogens is 209 g/mol. The predicted molar refractivity (Wildman–Crippen MR) is 49.6 cm³/mol. The summed E-state index contributed by atoms with van der Waals surface area (Å²) in [4.78, 5) is 0. The van der Waals surface area contributed by atoms with Crippen molar-refractivity contribution in [1.82, 2.24) is 0 Å². The number of benzene rings is 1. The Hall–Kier alpha value is -1.59. The Morgan fingerprint density at radius 3 is 2.87 bits per heavy atom. The molecule has 0 saturated heterocycles. The summed E-state index contributed by atoms with van der Waals surface area (Å²) in [7, 11) is 0. The van der Waals surface area contributed by atoms with Crippen molar-refractivity contribution in [2.75, 3.05) is 17.6 Å². The Balaban J connectivity index is 2.56. The van der Waals surface area contributed by atoms with Gasteiger partial charge in [-0.1, -0.05) is 0 Å². The highest BCUT2D eigenvalue weighted by molar-refractivity contribution is 5.71. The zero-order chi connectivity index (χ0) is 11.2. The number of halogens is 3. The van der Waals surface area contributed by atoms with E-state index in [9.17, 15) is 13.2 Å². The van der Waals surface area contributed by atoms with Crippen LogP contribution in [-0.2, 0) is 0 Å². The van der Waals surface area contributed by atoms with Gasteiger partial charge in [-0.15, -0.1) is 0 Å². The molecule has 82 valence electrons. The van der Waals surface area contributed by atoms with Crippen LogP contribution in [0.1, 0.15) is 5.56 Å². The number of hydrogen-bond acceptors (Lipinski definition) is 3. The van der Waals surface area contributed by atoms with E-state index in [4.69, 9.17) is 5.73 Å². The van der Waals surface area contributed by atoms with Gasteiger partial charge in [-0.2, -0.15) is 8.78 Å². The van der Waals surface area contributed by atoms with Gasteiger partial charge in [-0.3, -0.25) is 0 Å². The molecule has 0 amide bonds. The molecule has 3 nitrogen and oxygen atoms in total. The van der Waals surface area contributed by atoms with Crippen LogP contribution in [0.4, 0.5) is 24.5 Å². The van der Waals surface area contributed by atoms with Crippen LogP contribution in [0, 0.1) is 12.7 Å². The second-order valence-electron chi connectivity index (χ2n) is 3.37. The molecule has 15 heavy (non-hydrogen) atoms. The molecule has 1 aliphatic rings. The lowest BCUT2D eigenvalue weighted by atomic mass is 10.1. The number of nitrogens with one attached hydrogen (secondary N) is 1. The van der Waals surface area contributed by atoms with E-state index in [1.54, 1.807) is 6.92 Å². The molecule has 0 spiro atoms.